The zero-order valence-electron chi connectivity index (χ0n) is 12.6. The molecule has 1 saturated heterocycles. The summed E-state index contributed by atoms with van der Waals surface area (Å²) in [4.78, 5) is 11.9. The van der Waals surface area contributed by atoms with Crippen LogP contribution < -0.4 is 5.43 Å². The fraction of sp³-hybridized carbons (Fsp3) is 0.250. The average Bonchev–Trinajstić information content (AvgIpc) is 3.14. The number of furan rings is 1. The molecule has 126 valence electrons. The van der Waals surface area contributed by atoms with E-state index in [1.807, 2.05) is 30.3 Å². The Morgan fingerprint density at radius 1 is 1.25 bits per heavy atom. The van der Waals surface area contributed by atoms with Gasteiger partial charge in [-0.1, -0.05) is 28.1 Å². The van der Waals surface area contributed by atoms with Crippen molar-refractivity contribution in [2.75, 3.05) is 11.5 Å². The van der Waals surface area contributed by atoms with Crippen molar-refractivity contribution >= 4 is 37.9 Å². The van der Waals surface area contributed by atoms with Crippen molar-refractivity contribution in [3.05, 3.63) is 46.6 Å². The number of carbonyl (C=O) groups is 1. The van der Waals surface area contributed by atoms with Crippen molar-refractivity contribution in [3.63, 3.8) is 0 Å². The molecule has 1 aromatic carbocycles. The highest BCUT2D eigenvalue weighted by molar-refractivity contribution is 9.10. The van der Waals surface area contributed by atoms with Gasteiger partial charge >= 0.3 is 0 Å². The van der Waals surface area contributed by atoms with Crippen molar-refractivity contribution in [2.45, 2.75) is 6.42 Å². The van der Waals surface area contributed by atoms with E-state index in [9.17, 15) is 13.2 Å². The number of halogens is 1. The van der Waals surface area contributed by atoms with Gasteiger partial charge in [-0.2, -0.15) is 5.10 Å². The van der Waals surface area contributed by atoms with Gasteiger partial charge in [0.05, 0.1) is 23.6 Å². The Hall–Kier alpha value is -1.93. The molecule has 6 nitrogen and oxygen atoms in total. The van der Waals surface area contributed by atoms with Crippen molar-refractivity contribution < 1.29 is 17.6 Å². The summed E-state index contributed by atoms with van der Waals surface area (Å²) in [6.45, 7) is 0. The van der Waals surface area contributed by atoms with Gasteiger partial charge in [0, 0.05) is 10.0 Å². The van der Waals surface area contributed by atoms with E-state index >= 15 is 0 Å². The van der Waals surface area contributed by atoms with Crippen LogP contribution in [0, 0.1) is 5.92 Å². The topological polar surface area (TPSA) is 88.7 Å². The lowest BCUT2D eigenvalue weighted by atomic mass is 10.1. The molecular formula is C16H15BrN2O4S. The second kappa shape index (κ2) is 6.90. The molecule has 1 fully saturated rings. The highest BCUT2D eigenvalue weighted by Gasteiger charge is 2.32. The summed E-state index contributed by atoms with van der Waals surface area (Å²) in [5.41, 5.74) is 3.30. The molecule has 1 atom stereocenters. The van der Waals surface area contributed by atoms with Gasteiger partial charge in [0.2, 0.25) is 5.91 Å². The smallest absolute Gasteiger partial charge is 0.244 e. The molecule has 24 heavy (non-hydrogen) atoms. The summed E-state index contributed by atoms with van der Waals surface area (Å²) in [6, 6.07) is 11.2. The summed E-state index contributed by atoms with van der Waals surface area (Å²) in [5, 5.41) is 3.83. The molecule has 8 heteroatoms. The van der Waals surface area contributed by atoms with Crippen LogP contribution in [0.4, 0.5) is 0 Å². The Kier molecular flexibility index (Phi) is 4.86. The zero-order valence-corrected chi connectivity index (χ0v) is 15.0. The normalized spacial score (nSPS) is 19.6. The zero-order chi connectivity index (χ0) is 17.2. The standard InChI is InChI=1S/C16H15BrN2O4S/c17-13-3-1-11(2-4-13)15-6-5-14(23-15)9-18-19-16(20)12-7-8-24(21,22)10-12/h1-6,9,12H,7-8,10H2,(H,19,20)/b18-9-/t12-/m1/s1. The van der Waals surface area contributed by atoms with Gasteiger partial charge in [-0.15, -0.1) is 0 Å². The Balaban J connectivity index is 1.59. The second-order valence-corrected chi connectivity index (χ2v) is 8.69. The number of carbonyl (C=O) groups excluding carboxylic acids is 1. The Bertz CT molecular complexity index is 872. The van der Waals surface area contributed by atoms with Crippen molar-refractivity contribution in [3.8, 4) is 11.3 Å². The van der Waals surface area contributed by atoms with Crippen LogP contribution in [0.1, 0.15) is 12.2 Å². The van der Waals surface area contributed by atoms with Crippen molar-refractivity contribution in [1.29, 1.82) is 0 Å². The Labute approximate surface area is 148 Å². The molecule has 0 unspecified atom stereocenters. The van der Waals surface area contributed by atoms with Crippen LogP contribution in [-0.2, 0) is 14.6 Å². The molecule has 1 aromatic heterocycles. The highest BCUT2D eigenvalue weighted by atomic mass is 79.9. The minimum absolute atomic E-state index is 0.0591. The molecule has 1 amide bonds. The summed E-state index contributed by atoms with van der Waals surface area (Å²) in [5.74, 6) is 0.227. The summed E-state index contributed by atoms with van der Waals surface area (Å²) in [7, 11) is -3.08. The fourth-order valence-electron chi connectivity index (χ4n) is 2.44. The quantitative estimate of drug-likeness (QED) is 0.619. The van der Waals surface area contributed by atoms with E-state index in [2.05, 4.69) is 26.5 Å². The third-order valence-corrected chi connectivity index (χ3v) is 6.02. The Morgan fingerprint density at radius 2 is 2.00 bits per heavy atom. The molecule has 1 aliphatic rings. The van der Waals surface area contributed by atoms with Crippen LogP contribution in [-0.4, -0.2) is 32.0 Å². The number of sulfone groups is 1. The van der Waals surface area contributed by atoms with E-state index in [1.54, 1.807) is 6.07 Å². The van der Waals surface area contributed by atoms with Gasteiger partial charge < -0.3 is 4.42 Å². The first kappa shape index (κ1) is 16.9. The molecule has 2 heterocycles. The van der Waals surface area contributed by atoms with Gasteiger partial charge in [0.15, 0.2) is 9.84 Å². The number of nitrogens with zero attached hydrogens (tertiary/aromatic N) is 1. The van der Waals surface area contributed by atoms with Gasteiger partial charge in [0.25, 0.3) is 0 Å². The number of amides is 1. The third-order valence-electron chi connectivity index (χ3n) is 3.73. The van der Waals surface area contributed by atoms with Gasteiger partial charge in [0.1, 0.15) is 11.5 Å². The van der Waals surface area contributed by atoms with Crippen LogP contribution >= 0.6 is 15.9 Å². The first-order chi connectivity index (χ1) is 11.4. The van der Waals surface area contributed by atoms with E-state index in [4.69, 9.17) is 4.42 Å². The fourth-order valence-corrected chi connectivity index (χ4v) is 4.45. The maximum absolute atomic E-state index is 11.9. The number of hydrogen-bond donors (Lipinski definition) is 1. The van der Waals surface area contributed by atoms with Crippen LogP contribution in [0.3, 0.4) is 0 Å². The minimum Gasteiger partial charge on any atom is -0.455 e. The first-order valence-corrected chi connectivity index (χ1v) is 9.93. The molecule has 1 aliphatic heterocycles. The predicted octanol–water partition coefficient (Wildman–Crippen LogP) is 2.59. The molecule has 0 saturated carbocycles. The molecule has 0 bridgehead atoms. The van der Waals surface area contributed by atoms with Gasteiger partial charge in [-0.3, -0.25) is 4.79 Å². The molecule has 0 radical (unpaired) electrons. The number of hydrazone groups is 1. The lowest BCUT2D eigenvalue weighted by molar-refractivity contribution is -0.124. The second-order valence-electron chi connectivity index (χ2n) is 5.54. The predicted molar refractivity (Wildman–Crippen MR) is 94.3 cm³/mol. The van der Waals surface area contributed by atoms with E-state index < -0.39 is 15.8 Å². The molecule has 1 N–H and O–H groups in total. The van der Waals surface area contributed by atoms with E-state index in [1.165, 1.54) is 6.21 Å². The summed E-state index contributed by atoms with van der Waals surface area (Å²) < 4.78 is 29.3. The summed E-state index contributed by atoms with van der Waals surface area (Å²) in [6.07, 6.45) is 1.74. The average molecular weight is 411 g/mol. The number of nitrogens with one attached hydrogen (secondary N) is 1. The molecular weight excluding hydrogens is 396 g/mol. The number of hydrogen-bond acceptors (Lipinski definition) is 5. The van der Waals surface area contributed by atoms with Gasteiger partial charge in [-0.05, 0) is 30.7 Å². The lowest BCUT2D eigenvalue weighted by Gasteiger charge is -2.04. The Morgan fingerprint density at radius 3 is 2.67 bits per heavy atom. The maximum Gasteiger partial charge on any atom is 0.244 e. The molecule has 0 aliphatic carbocycles. The van der Waals surface area contributed by atoms with Crippen LogP contribution in [0.5, 0.6) is 0 Å². The molecule has 3 rings (SSSR count). The van der Waals surface area contributed by atoms with E-state index in [0.29, 0.717) is 17.9 Å². The summed E-state index contributed by atoms with van der Waals surface area (Å²) >= 11 is 3.38. The lowest BCUT2D eigenvalue weighted by Crippen LogP contribution is -2.27. The first-order valence-electron chi connectivity index (χ1n) is 7.32. The third kappa shape index (κ3) is 4.12. The van der Waals surface area contributed by atoms with Crippen LogP contribution in [0.15, 0.2) is 50.4 Å². The van der Waals surface area contributed by atoms with Gasteiger partial charge in [-0.25, -0.2) is 13.8 Å². The monoisotopic (exact) mass is 410 g/mol. The minimum atomic E-state index is -3.08. The number of benzene rings is 1. The van der Waals surface area contributed by atoms with Crippen LogP contribution in [0.25, 0.3) is 11.3 Å². The van der Waals surface area contributed by atoms with Crippen molar-refractivity contribution in [1.82, 2.24) is 5.43 Å². The van der Waals surface area contributed by atoms with E-state index in [0.717, 1.165) is 10.0 Å². The number of rotatable bonds is 4. The van der Waals surface area contributed by atoms with Crippen molar-refractivity contribution in [2.24, 2.45) is 11.0 Å². The largest absolute Gasteiger partial charge is 0.455 e. The highest BCUT2D eigenvalue weighted by Crippen LogP contribution is 2.23. The molecule has 2 aromatic rings. The van der Waals surface area contributed by atoms with Crippen LogP contribution in [0.2, 0.25) is 0 Å². The SMILES string of the molecule is O=C(N/N=C\c1ccc(-c2ccc(Br)cc2)o1)[C@@H]1CCS(=O)(=O)C1. The maximum atomic E-state index is 11.9. The van der Waals surface area contributed by atoms with E-state index in [-0.39, 0.29) is 17.4 Å². The molecule has 0 spiro atoms.